The zero-order valence-electron chi connectivity index (χ0n) is 27.0. The van der Waals surface area contributed by atoms with Gasteiger partial charge in [-0.2, -0.15) is 0 Å². The number of anilines is 2. The SMILES string of the molecule is CC(C)(C)c1cc(CCc2ccccc2NC(=O)NCC(C)(C)c2ccc(N3CCCC3)cc2)cc(C(C)(C)C)c1O. The number of urea groups is 1. The molecule has 1 aliphatic heterocycles. The Kier molecular flexibility index (Phi) is 9.30. The minimum absolute atomic E-state index is 0.165. The number of phenols is 1. The Bertz CT molecular complexity index is 1340. The molecule has 0 aliphatic carbocycles. The molecule has 5 heteroatoms. The first-order valence-corrected chi connectivity index (χ1v) is 15.5. The van der Waals surface area contributed by atoms with E-state index in [2.05, 4.69) is 113 Å². The molecule has 0 bridgehead atoms. The van der Waals surface area contributed by atoms with Crippen molar-refractivity contribution in [2.75, 3.05) is 29.9 Å². The van der Waals surface area contributed by atoms with Gasteiger partial charge in [-0.1, -0.05) is 97.9 Å². The second-order valence-corrected chi connectivity index (χ2v) is 14.6. The van der Waals surface area contributed by atoms with Gasteiger partial charge in [-0.05, 0) is 82.5 Å². The van der Waals surface area contributed by atoms with Gasteiger partial charge in [0.1, 0.15) is 5.75 Å². The maximum atomic E-state index is 13.0. The highest BCUT2D eigenvalue weighted by molar-refractivity contribution is 5.90. The lowest BCUT2D eigenvalue weighted by molar-refractivity contribution is 0.249. The van der Waals surface area contributed by atoms with Crippen LogP contribution in [0.4, 0.5) is 16.2 Å². The molecule has 42 heavy (non-hydrogen) atoms. The number of aryl methyl sites for hydroxylation is 2. The average molecular weight is 570 g/mol. The molecule has 0 saturated carbocycles. The van der Waals surface area contributed by atoms with E-state index in [1.54, 1.807) is 0 Å². The Labute approximate surface area is 253 Å². The molecule has 226 valence electrons. The number of phenolic OH excluding ortho intramolecular Hbond substituents is 1. The number of para-hydroxylation sites is 1. The third-order valence-electron chi connectivity index (χ3n) is 8.55. The Morgan fingerprint density at radius 3 is 1.95 bits per heavy atom. The fraction of sp³-hybridized carbons (Fsp3) is 0.486. The first-order valence-electron chi connectivity index (χ1n) is 15.5. The van der Waals surface area contributed by atoms with Crippen LogP contribution >= 0.6 is 0 Å². The van der Waals surface area contributed by atoms with Crippen molar-refractivity contribution in [2.24, 2.45) is 0 Å². The zero-order valence-corrected chi connectivity index (χ0v) is 27.0. The summed E-state index contributed by atoms with van der Waals surface area (Å²) in [5.41, 5.74) is 7.03. The predicted molar refractivity (Wildman–Crippen MR) is 177 cm³/mol. The van der Waals surface area contributed by atoms with Crippen LogP contribution in [0.1, 0.15) is 96.0 Å². The van der Waals surface area contributed by atoms with E-state index in [9.17, 15) is 9.90 Å². The van der Waals surface area contributed by atoms with Gasteiger partial charge in [0, 0.05) is 36.4 Å². The molecular formula is C37H51N3O2. The zero-order chi connectivity index (χ0) is 30.7. The molecule has 4 rings (SSSR count). The summed E-state index contributed by atoms with van der Waals surface area (Å²) in [5.74, 6) is 0.406. The van der Waals surface area contributed by atoms with Crippen molar-refractivity contribution in [3.05, 3.63) is 88.5 Å². The maximum absolute atomic E-state index is 13.0. The summed E-state index contributed by atoms with van der Waals surface area (Å²) >= 11 is 0. The molecule has 1 saturated heterocycles. The van der Waals surface area contributed by atoms with E-state index >= 15 is 0 Å². The van der Waals surface area contributed by atoms with Gasteiger partial charge in [0.15, 0.2) is 0 Å². The smallest absolute Gasteiger partial charge is 0.319 e. The molecule has 3 aromatic rings. The highest BCUT2D eigenvalue weighted by atomic mass is 16.3. The van der Waals surface area contributed by atoms with Gasteiger partial charge >= 0.3 is 6.03 Å². The number of amides is 2. The highest BCUT2D eigenvalue weighted by Crippen LogP contribution is 2.40. The number of hydrogen-bond donors (Lipinski definition) is 3. The molecule has 0 spiro atoms. The summed E-state index contributed by atoms with van der Waals surface area (Å²) in [4.78, 5) is 15.5. The predicted octanol–water partition coefficient (Wildman–Crippen LogP) is 8.47. The largest absolute Gasteiger partial charge is 0.507 e. The van der Waals surface area contributed by atoms with Crippen LogP contribution in [0.25, 0.3) is 0 Å². The van der Waals surface area contributed by atoms with Gasteiger partial charge < -0.3 is 20.6 Å². The van der Waals surface area contributed by atoms with Crippen molar-refractivity contribution in [1.29, 1.82) is 0 Å². The third kappa shape index (κ3) is 7.67. The van der Waals surface area contributed by atoms with Gasteiger partial charge in [0.2, 0.25) is 0 Å². The molecule has 1 heterocycles. The van der Waals surface area contributed by atoms with E-state index < -0.39 is 0 Å². The summed E-state index contributed by atoms with van der Waals surface area (Å²) in [6.45, 7) is 20.0. The molecule has 0 radical (unpaired) electrons. The molecular weight excluding hydrogens is 518 g/mol. The summed E-state index contributed by atoms with van der Waals surface area (Å²) in [6, 6.07) is 20.9. The van der Waals surface area contributed by atoms with Gasteiger partial charge in [-0.25, -0.2) is 4.79 Å². The van der Waals surface area contributed by atoms with E-state index in [1.807, 2.05) is 18.2 Å². The quantitative estimate of drug-likeness (QED) is 0.255. The average Bonchev–Trinajstić information content (AvgIpc) is 3.46. The summed E-state index contributed by atoms with van der Waals surface area (Å²) in [7, 11) is 0. The van der Waals surface area contributed by atoms with E-state index in [-0.39, 0.29) is 22.3 Å². The number of rotatable bonds is 8. The number of carbonyl (C=O) groups excluding carboxylic acids is 1. The minimum atomic E-state index is -0.200. The monoisotopic (exact) mass is 569 g/mol. The number of aromatic hydroxyl groups is 1. The fourth-order valence-corrected chi connectivity index (χ4v) is 5.79. The third-order valence-corrected chi connectivity index (χ3v) is 8.55. The fourth-order valence-electron chi connectivity index (χ4n) is 5.79. The number of nitrogens with zero attached hydrogens (tertiary/aromatic N) is 1. The van der Waals surface area contributed by atoms with Gasteiger partial charge in [-0.3, -0.25) is 0 Å². The molecule has 5 nitrogen and oxygen atoms in total. The second-order valence-electron chi connectivity index (χ2n) is 14.6. The van der Waals surface area contributed by atoms with Crippen molar-refractivity contribution in [3.8, 4) is 5.75 Å². The van der Waals surface area contributed by atoms with Crippen LogP contribution in [0.15, 0.2) is 60.7 Å². The standard InChI is InChI=1S/C37H51N3O2/c1-35(2,3)30-23-26(24-31(33(30)41)36(4,5)6)15-16-27-13-9-10-14-32(27)39-34(42)38-25-37(7,8)28-17-19-29(20-18-28)40-21-11-12-22-40/h9-10,13-14,17-20,23-24,41H,11-12,15-16,21-22,25H2,1-8H3,(H2,38,39,42). The first-order chi connectivity index (χ1) is 19.6. The van der Waals surface area contributed by atoms with Crippen LogP contribution in [0.3, 0.4) is 0 Å². The van der Waals surface area contributed by atoms with Crippen LogP contribution in [0.5, 0.6) is 5.75 Å². The van der Waals surface area contributed by atoms with Crippen molar-refractivity contribution < 1.29 is 9.90 Å². The second kappa shape index (κ2) is 12.4. The van der Waals surface area contributed by atoms with Crippen LogP contribution in [-0.2, 0) is 29.1 Å². The van der Waals surface area contributed by atoms with E-state index in [4.69, 9.17) is 0 Å². The topological polar surface area (TPSA) is 64.6 Å². The van der Waals surface area contributed by atoms with Crippen molar-refractivity contribution in [3.63, 3.8) is 0 Å². The number of nitrogens with one attached hydrogen (secondary N) is 2. The normalized spacial score (nSPS) is 14.2. The van der Waals surface area contributed by atoms with Crippen LogP contribution < -0.4 is 15.5 Å². The number of benzene rings is 3. The van der Waals surface area contributed by atoms with Crippen LogP contribution in [-0.4, -0.2) is 30.8 Å². The van der Waals surface area contributed by atoms with E-state index in [1.165, 1.54) is 29.7 Å². The Hall–Kier alpha value is -3.47. The molecule has 3 N–H and O–H groups in total. The molecule has 3 aromatic carbocycles. The summed E-state index contributed by atoms with van der Waals surface area (Å²) in [6.07, 6.45) is 4.13. The molecule has 1 aliphatic rings. The Balaban J connectivity index is 1.41. The minimum Gasteiger partial charge on any atom is -0.507 e. The summed E-state index contributed by atoms with van der Waals surface area (Å²) in [5, 5.41) is 17.3. The molecule has 1 fully saturated rings. The van der Waals surface area contributed by atoms with Gasteiger partial charge in [0.05, 0.1) is 0 Å². The van der Waals surface area contributed by atoms with E-state index in [0.717, 1.165) is 48.3 Å². The molecule has 0 aromatic heterocycles. The van der Waals surface area contributed by atoms with Crippen molar-refractivity contribution in [2.45, 2.75) is 97.3 Å². The van der Waals surface area contributed by atoms with Gasteiger partial charge in [-0.15, -0.1) is 0 Å². The maximum Gasteiger partial charge on any atom is 0.319 e. The lowest BCUT2D eigenvalue weighted by atomic mass is 9.78. The highest BCUT2D eigenvalue weighted by Gasteiger charge is 2.27. The van der Waals surface area contributed by atoms with Crippen molar-refractivity contribution >= 4 is 17.4 Å². The summed E-state index contributed by atoms with van der Waals surface area (Å²) < 4.78 is 0. The lowest BCUT2D eigenvalue weighted by Gasteiger charge is -2.28. The van der Waals surface area contributed by atoms with Crippen LogP contribution in [0, 0.1) is 0 Å². The lowest BCUT2D eigenvalue weighted by Crippen LogP contribution is -2.39. The number of carbonyl (C=O) groups is 1. The molecule has 2 amide bonds. The van der Waals surface area contributed by atoms with Crippen molar-refractivity contribution in [1.82, 2.24) is 5.32 Å². The van der Waals surface area contributed by atoms with Crippen LogP contribution in [0.2, 0.25) is 0 Å². The molecule has 0 atom stereocenters. The van der Waals surface area contributed by atoms with Gasteiger partial charge in [0.25, 0.3) is 0 Å². The Morgan fingerprint density at radius 2 is 1.38 bits per heavy atom. The van der Waals surface area contributed by atoms with E-state index in [0.29, 0.717) is 12.3 Å². The number of hydrogen-bond acceptors (Lipinski definition) is 3. The molecule has 0 unspecified atom stereocenters. The first kappa shape index (κ1) is 31.5. The Morgan fingerprint density at radius 1 is 0.810 bits per heavy atom.